The lowest BCUT2D eigenvalue weighted by Crippen LogP contribution is -2.32. The zero-order valence-corrected chi connectivity index (χ0v) is 11.2. The molecular formula is C14H22N2O2. The molecule has 1 aromatic heterocycles. The van der Waals surface area contributed by atoms with Gasteiger partial charge in [0.2, 0.25) is 0 Å². The lowest BCUT2D eigenvalue weighted by molar-refractivity contribution is 0.0718. The maximum atomic E-state index is 9.82. The third-order valence-corrected chi connectivity index (χ3v) is 3.40. The van der Waals surface area contributed by atoms with Crippen LogP contribution in [0.25, 0.3) is 0 Å². The highest BCUT2D eigenvalue weighted by atomic mass is 16.5. The van der Waals surface area contributed by atoms with Crippen molar-refractivity contribution in [2.45, 2.75) is 39.3 Å². The van der Waals surface area contributed by atoms with Gasteiger partial charge in [-0.2, -0.15) is 0 Å². The van der Waals surface area contributed by atoms with Crippen molar-refractivity contribution in [3.63, 3.8) is 0 Å². The van der Waals surface area contributed by atoms with Crippen LogP contribution in [0.1, 0.15) is 31.2 Å². The Kier molecular flexibility index (Phi) is 4.55. The van der Waals surface area contributed by atoms with Crippen molar-refractivity contribution in [3.05, 3.63) is 23.5 Å². The van der Waals surface area contributed by atoms with E-state index >= 15 is 0 Å². The van der Waals surface area contributed by atoms with Crippen molar-refractivity contribution >= 4 is 0 Å². The predicted octanol–water partition coefficient (Wildman–Crippen LogP) is 2.10. The van der Waals surface area contributed by atoms with E-state index in [1.54, 1.807) is 6.07 Å². The molecule has 1 atom stereocenters. The van der Waals surface area contributed by atoms with Gasteiger partial charge in [0, 0.05) is 25.4 Å². The number of aromatic nitrogens is 1. The van der Waals surface area contributed by atoms with Gasteiger partial charge in [0.25, 0.3) is 0 Å². The van der Waals surface area contributed by atoms with Crippen LogP contribution in [0.15, 0.2) is 12.1 Å². The summed E-state index contributed by atoms with van der Waals surface area (Å²) in [6.07, 6.45) is 2.65. The Morgan fingerprint density at radius 2 is 2.33 bits per heavy atom. The first kappa shape index (κ1) is 13.3. The average molecular weight is 250 g/mol. The monoisotopic (exact) mass is 250 g/mol. The second-order valence-corrected chi connectivity index (χ2v) is 4.88. The van der Waals surface area contributed by atoms with Crippen molar-refractivity contribution in [1.29, 1.82) is 0 Å². The molecule has 0 radical (unpaired) electrons. The first-order chi connectivity index (χ1) is 8.69. The summed E-state index contributed by atoms with van der Waals surface area (Å²) in [5.74, 6) is 0.284. The number of hydrogen-bond donors (Lipinski definition) is 1. The van der Waals surface area contributed by atoms with Gasteiger partial charge in [0.05, 0.1) is 11.8 Å². The van der Waals surface area contributed by atoms with Crippen LogP contribution in [-0.2, 0) is 11.3 Å². The molecule has 1 aliphatic rings. The second-order valence-electron chi connectivity index (χ2n) is 4.88. The minimum atomic E-state index is 0.284. The largest absolute Gasteiger partial charge is 0.506 e. The van der Waals surface area contributed by atoms with E-state index in [2.05, 4.69) is 16.8 Å². The van der Waals surface area contributed by atoms with Crippen LogP contribution in [0, 0.1) is 6.92 Å². The summed E-state index contributed by atoms with van der Waals surface area (Å²) in [6, 6.07) is 3.55. The quantitative estimate of drug-likeness (QED) is 0.869. The number of aromatic hydroxyl groups is 1. The van der Waals surface area contributed by atoms with E-state index in [0.717, 1.165) is 43.9 Å². The van der Waals surface area contributed by atoms with Crippen molar-refractivity contribution in [2.75, 3.05) is 19.7 Å². The van der Waals surface area contributed by atoms with Crippen LogP contribution < -0.4 is 0 Å². The molecule has 0 bridgehead atoms. The van der Waals surface area contributed by atoms with Gasteiger partial charge in [0.15, 0.2) is 0 Å². The van der Waals surface area contributed by atoms with E-state index < -0.39 is 0 Å². The van der Waals surface area contributed by atoms with Gasteiger partial charge in [-0.05, 0) is 38.4 Å². The summed E-state index contributed by atoms with van der Waals surface area (Å²) in [7, 11) is 0. The molecule has 1 fully saturated rings. The molecular weight excluding hydrogens is 228 g/mol. The Morgan fingerprint density at radius 1 is 1.50 bits per heavy atom. The van der Waals surface area contributed by atoms with E-state index in [1.807, 2.05) is 13.0 Å². The SMILES string of the molecule is CCN(Cc1nc(C)ccc1O)CC1CCCO1. The highest BCUT2D eigenvalue weighted by molar-refractivity contribution is 5.27. The van der Waals surface area contributed by atoms with Crippen LogP contribution in [0.4, 0.5) is 0 Å². The predicted molar refractivity (Wildman–Crippen MR) is 70.6 cm³/mol. The number of rotatable bonds is 5. The van der Waals surface area contributed by atoms with Gasteiger partial charge in [-0.3, -0.25) is 9.88 Å². The van der Waals surface area contributed by atoms with Gasteiger partial charge < -0.3 is 9.84 Å². The van der Waals surface area contributed by atoms with Gasteiger partial charge >= 0.3 is 0 Å². The van der Waals surface area contributed by atoms with E-state index in [-0.39, 0.29) is 5.75 Å². The average Bonchev–Trinajstić information content (AvgIpc) is 2.85. The fourth-order valence-electron chi connectivity index (χ4n) is 2.31. The normalized spacial score (nSPS) is 19.6. The minimum Gasteiger partial charge on any atom is -0.506 e. The molecule has 4 nitrogen and oxygen atoms in total. The Morgan fingerprint density at radius 3 is 3.00 bits per heavy atom. The molecule has 4 heteroatoms. The fourth-order valence-corrected chi connectivity index (χ4v) is 2.31. The Bertz CT molecular complexity index is 389. The fraction of sp³-hybridized carbons (Fsp3) is 0.643. The Hall–Kier alpha value is -1.13. The van der Waals surface area contributed by atoms with E-state index in [9.17, 15) is 5.11 Å². The molecule has 0 aromatic carbocycles. The summed E-state index contributed by atoms with van der Waals surface area (Å²) in [5, 5.41) is 9.82. The number of nitrogens with zero attached hydrogens (tertiary/aromatic N) is 2. The van der Waals surface area contributed by atoms with Gasteiger partial charge in [0.1, 0.15) is 5.75 Å². The standard InChI is InChI=1S/C14H22N2O2/c1-3-16(9-12-5-4-8-18-12)10-13-14(17)7-6-11(2)15-13/h6-7,12,17H,3-5,8-10H2,1-2H3. The van der Waals surface area contributed by atoms with Gasteiger partial charge in [-0.25, -0.2) is 0 Å². The zero-order valence-electron chi connectivity index (χ0n) is 11.2. The van der Waals surface area contributed by atoms with E-state index in [4.69, 9.17) is 4.74 Å². The lowest BCUT2D eigenvalue weighted by atomic mass is 10.2. The minimum absolute atomic E-state index is 0.284. The van der Waals surface area contributed by atoms with Crippen molar-refractivity contribution in [3.8, 4) is 5.75 Å². The third kappa shape index (κ3) is 3.43. The van der Waals surface area contributed by atoms with Crippen molar-refractivity contribution < 1.29 is 9.84 Å². The van der Waals surface area contributed by atoms with Gasteiger partial charge in [-0.15, -0.1) is 0 Å². The molecule has 0 amide bonds. The van der Waals surface area contributed by atoms with Gasteiger partial charge in [-0.1, -0.05) is 6.92 Å². The highest BCUT2D eigenvalue weighted by Gasteiger charge is 2.19. The molecule has 1 unspecified atom stereocenters. The molecule has 1 aliphatic heterocycles. The summed E-state index contributed by atoms with van der Waals surface area (Å²) in [4.78, 5) is 6.68. The summed E-state index contributed by atoms with van der Waals surface area (Å²) in [6.45, 7) is 7.50. The van der Waals surface area contributed by atoms with E-state index in [0.29, 0.717) is 12.6 Å². The topological polar surface area (TPSA) is 45.6 Å². The number of aryl methyl sites for hydroxylation is 1. The van der Waals surface area contributed by atoms with E-state index in [1.165, 1.54) is 0 Å². The lowest BCUT2D eigenvalue weighted by Gasteiger charge is -2.23. The first-order valence-corrected chi connectivity index (χ1v) is 6.68. The van der Waals surface area contributed by atoms with Crippen molar-refractivity contribution in [1.82, 2.24) is 9.88 Å². The highest BCUT2D eigenvalue weighted by Crippen LogP contribution is 2.19. The third-order valence-electron chi connectivity index (χ3n) is 3.40. The number of likely N-dealkylation sites (N-methyl/N-ethyl adjacent to an activating group) is 1. The molecule has 0 spiro atoms. The molecule has 0 aliphatic carbocycles. The molecule has 18 heavy (non-hydrogen) atoms. The van der Waals surface area contributed by atoms with Crippen LogP contribution >= 0.6 is 0 Å². The van der Waals surface area contributed by atoms with Crippen LogP contribution in [0.3, 0.4) is 0 Å². The smallest absolute Gasteiger partial charge is 0.138 e. The Labute approximate surface area is 109 Å². The maximum Gasteiger partial charge on any atom is 0.138 e. The number of hydrogen-bond acceptors (Lipinski definition) is 4. The second kappa shape index (κ2) is 6.16. The molecule has 1 aromatic rings. The summed E-state index contributed by atoms with van der Waals surface area (Å²) in [5.41, 5.74) is 1.70. The number of pyridine rings is 1. The molecule has 0 saturated carbocycles. The molecule has 1 N–H and O–H groups in total. The maximum absolute atomic E-state index is 9.82. The molecule has 2 heterocycles. The molecule has 2 rings (SSSR count). The summed E-state index contributed by atoms with van der Waals surface area (Å²) < 4.78 is 5.65. The van der Waals surface area contributed by atoms with Crippen LogP contribution in [-0.4, -0.2) is 40.8 Å². The summed E-state index contributed by atoms with van der Waals surface area (Å²) >= 11 is 0. The van der Waals surface area contributed by atoms with Crippen LogP contribution in [0.2, 0.25) is 0 Å². The molecule has 1 saturated heterocycles. The Balaban J connectivity index is 1.98. The first-order valence-electron chi connectivity index (χ1n) is 6.68. The molecule has 100 valence electrons. The number of ether oxygens (including phenoxy) is 1. The van der Waals surface area contributed by atoms with Crippen LogP contribution in [0.5, 0.6) is 5.75 Å². The zero-order chi connectivity index (χ0) is 13.0. The van der Waals surface area contributed by atoms with Crippen molar-refractivity contribution in [2.24, 2.45) is 0 Å².